The lowest BCUT2D eigenvalue weighted by Crippen LogP contribution is -2.32. The fraction of sp³-hybridized carbons (Fsp3) is 0.600. The van der Waals surface area contributed by atoms with Crippen LogP contribution in [0.3, 0.4) is 0 Å². The largest absolute Gasteiger partial charge is 0.446 e. The quantitative estimate of drug-likeness (QED) is 0.807. The first kappa shape index (κ1) is 16.6. The fourth-order valence-electron chi connectivity index (χ4n) is 2.61. The van der Waals surface area contributed by atoms with Gasteiger partial charge in [-0.05, 0) is 54.8 Å². The molecule has 1 aromatic rings. The first-order valence-electron chi connectivity index (χ1n) is 7.06. The predicted octanol–water partition coefficient (Wildman–Crippen LogP) is 3.89. The Morgan fingerprint density at radius 2 is 1.90 bits per heavy atom. The van der Waals surface area contributed by atoms with E-state index in [1.165, 1.54) is 18.6 Å². The van der Waals surface area contributed by atoms with Crippen LogP contribution in [0.4, 0.5) is 13.2 Å². The zero-order chi connectivity index (χ0) is 15.6. The maximum Gasteiger partial charge on any atom is 0.446 e. The van der Waals surface area contributed by atoms with E-state index in [2.05, 4.69) is 11.8 Å². The maximum atomic E-state index is 12.3. The molecule has 1 aromatic carbocycles. The van der Waals surface area contributed by atoms with Gasteiger partial charge in [-0.2, -0.15) is 13.2 Å². The Bertz CT molecular complexity index is 461. The number of halogens is 3. The molecule has 0 aromatic heterocycles. The van der Waals surface area contributed by atoms with Crippen molar-refractivity contribution in [2.45, 2.75) is 29.8 Å². The second-order valence-electron chi connectivity index (χ2n) is 5.78. The van der Waals surface area contributed by atoms with Crippen LogP contribution >= 0.6 is 11.8 Å². The van der Waals surface area contributed by atoms with Crippen molar-refractivity contribution in [3.05, 3.63) is 29.8 Å². The van der Waals surface area contributed by atoms with Gasteiger partial charge in [-0.3, -0.25) is 4.90 Å². The zero-order valence-corrected chi connectivity index (χ0v) is 13.0. The zero-order valence-electron chi connectivity index (χ0n) is 12.2. The molecule has 0 amide bonds. The van der Waals surface area contributed by atoms with Crippen molar-refractivity contribution in [2.75, 3.05) is 20.1 Å². The second kappa shape index (κ2) is 6.58. The van der Waals surface area contributed by atoms with Crippen LogP contribution in [-0.2, 0) is 0 Å². The van der Waals surface area contributed by atoms with Crippen LogP contribution in [0.2, 0.25) is 0 Å². The highest BCUT2D eigenvalue weighted by molar-refractivity contribution is 8.00. The second-order valence-corrected chi connectivity index (χ2v) is 6.92. The number of thioether (sulfide) groups is 1. The molecule has 0 spiro atoms. The van der Waals surface area contributed by atoms with Gasteiger partial charge in [0.25, 0.3) is 0 Å². The van der Waals surface area contributed by atoms with E-state index in [4.69, 9.17) is 5.73 Å². The highest BCUT2D eigenvalue weighted by Crippen LogP contribution is 2.40. The molecule has 0 bridgehead atoms. The van der Waals surface area contributed by atoms with E-state index in [0.717, 1.165) is 23.9 Å². The number of likely N-dealkylation sites (N-methyl/N-ethyl adjacent to an activating group) is 1. The number of benzene rings is 1. The standard InChI is InChI=1S/C15H21F3N2S/c1-10-7-12(10)9-20(2)14(8-19)11-3-5-13(6-4-11)21-15(16,17)18/h3-6,10,12,14H,7-9,19H2,1-2H3. The average Bonchev–Trinajstić information content (AvgIpc) is 3.06. The summed E-state index contributed by atoms with van der Waals surface area (Å²) in [5.74, 6) is 1.50. The molecular weight excluding hydrogens is 297 g/mol. The monoisotopic (exact) mass is 318 g/mol. The molecule has 3 unspecified atom stereocenters. The van der Waals surface area contributed by atoms with Crippen molar-refractivity contribution in [2.24, 2.45) is 17.6 Å². The molecule has 2 N–H and O–H groups in total. The first-order chi connectivity index (χ1) is 9.80. The Morgan fingerprint density at radius 1 is 1.33 bits per heavy atom. The third kappa shape index (κ3) is 4.90. The summed E-state index contributed by atoms with van der Waals surface area (Å²) in [4.78, 5) is 2.42. The van der Waals surface area contributed by atoms with Crippen LogP contribution in [0.25, 0.3) is 0 Å². The van der Waals surface area contributed by atoms with Crippen LogP contribution < -0.4 is 5.73 Å². The van der Waals surface area contributed by atoms with E-state index in [9.17, 15) is 13.2 Å². The minimum atomic E-state index is -4.24. The average molecular weight is 318 g/mol. The lowest BCUT2D eigenvalue weighted by Gasteiger charge is -2.27. The normalized spacial score (nSPS) is 23.4. The molecule has 6 heteroatoms. The predicted molar refractivity (Wildman–Crippen MR) is 80.1 cm³/mol. The van der Waals surface area contributed by atoms with Gasteiger partial charge in [0.15, 0.2) is 0 Å². The highest BCUT2D eigenvalue weighted by Gasteiger charge is 2.34. The molecular formula is C15H21F3N2S. The van der Waals surface area contributed by atoms with Gasteiger partial charge < -0.3 is 5.73 Å². The Labute approximate surface area is 127 Å². The van der Waals surface area contributed by atoms with Gasteiger partial charge in [-0.1, -0.05) is 19.1 Å². The summed E-state index contributed by atoms with van der Waals surface area (Å²) in [6.45, 7) is 3.69. The Kier molecular flexibility index (Phi) is 5.22. The molecule has 3 atom stereocenters. The van der Waals surface area contributed by atoms with Gasteiger partial charge in [0.05, 0.1) is 0 Å². The summed E-state index contributed by atoms with van der Waals surface area (Å²) < 4.78 is 36.9. The van der Waals surface area contributed by atoms with Crippen LogP contribution in [0.1, 0.15) is 24.9 Å². The molecule has 0 saturated heterocycles. The number of hydrogen-bond acceptors (Lipinski definition) is 3. The summed E-state index contributed by atoms with van der Waals surface area (Å²) in [5.41, 5.74) is 2.58. The van der Waals surface area contributed by atoms with Gasteiger partial charge in [0, 0.05) is 24.0 Å². The molecule has 0 heterocycles. The Morgan fingerprint density at radius 3 is 2.33 bits per heavy atom. The van der Waals surface area contributed by atoms with Gasteiger partial charge in [-0.15, -0.1) is 0 Å². The lowest BCUT2D eigenvalue weighted by atomic mass is 10.1. The molecule has 2 nitrogen and oxygen atoms in total. The van der Waals surface area contributed by atoms with E-state index in [1.54, 1.807) is 12.1 Å². The molecule has 1 aliphatic rings. The number of hydrogen-bond donors (Lipinski definition) is 1. The van der Waals surface area contributed by atoms with Gasteiger partial charge in [-0.25, -0.2) is 0 Å². The highest BCUT2D eigenvalue weighted by atomic mass is 32.2. The first-order valence-corrected chi connectivity index (χ1v) is 7.88. The molecule has 2 rings (SSSR count). The fourth-order valence-corrected chi connectivity index (χ4v) is 3.15. The molecule has 118 valence electrons. The summed E-state index contributed by atoms with van der Waals surface area (Å²) >= 11 is -0.0868. The lowest BCUT2D eigenvalue weighted by molar-refractivity contribution is -0.0328. The smallest absolute Gasteiger partial charge is 0.329 e. The van der Waals surface area contributed by atoms with E-state index in [0.29, 0.717) is 6.54 Å². The topological polar surface area (TPSA) is 29.3 Å². The molecule has 21 heavy (non-hydrogen) atoms. The molecule has 1 aliphatic carbocycles. The van der Waals surface area contributed by atoms with E-state index in [-0.39, 0.29) is 22.7 Å². The number of nitrogens with zero attached hydrogens (tertiary/aromatic N) is 1. The number of nitrogens with two attached hydrogens (primary N) is 1. The summed E-state index contributed by atoms with van der Waals surface area (Å²) in [6, 6.07) is 6.59. The van der Waals surface area contributed by atoms with Crippen molar-refractivity contribution < 1.29 is 13.2 Å². The molecule has 0 aliphatic heterocycles. The van der Waals surface area contributed by atoms with Crippen molar-refractivity contribution in [3.8, 4) is 0 Å². The minimum Gasteiger partial charge on any atom is -0.329 e. The minimum absolute atomic E-state index is 0.0581. The van der Waals surface area contributed by atoms with Crippen LogP contribution in [0, 0.1) is 11.8 Å². The summed E-state index contributed by atoms with van der Waals surface area (Å²) in [6.07, 6.45) is 1.25. The van der Waals surface area contributed by atoms with E-state index >= 15 is 0 Å². The third-order valence-electron chi connectivity index (χ3n) is 4.05. The molecule has 0 radical (unpaired) electrons. The Hall–Kier alpha value is -0.720. The van der Waals surface area contributed by atoms with Crippen molar-refractivity contribution >= 4 is 11.8 Å². The van der Waals surface area contributed by atoms with E-state index < -0.39 is 5.51 Å². The van der Waals surface area contributed by atoms with Crippen LogP contribution in [0.5, 0.6) is 0 Å². The van der Waals surface area contributed by atoms with Gasteiger partial charge in [0.2, 0.25) is 0 Å². The SMILES string of the molecule is CC1CC1CN(C)C(CN)c1ccc(SC(F)(F)F)cc1. The number of rotatable bonds is 6. The molecule has 1 fully saturated rings. The third-order valence-corrected chi connectivity index (χ3v) is 4.79. The van der Waals surface area contributed by atoms with Crippen LogP contribution in [-0.4, -0.2) is 30.5 Å². The van der Waals surface area contributed by atoms with E-state index in [1.807, 2.05) is 7.05 Å². The maximum absolute atomic E-state index is 12.3. The summed E-state index contributed by atoms with van der Waals surface area (Å²) in [7, 11) is 2.03. The van der Waals surface area contributed by atoms with Crippen LogP contribution in [0.15, 0.2) is 29.2 Å². The van der Waals surface area contributed by atoms with Gasteiger partial charge >= 0.3 is 5.51 Å². The summed E-state index contributed by atoms with van der Waals surface area (Å²) in [5, 5.41) is 0. The van der Waals surface area contributed by atoms with Crippen molar-refractivity contribution in [3.63, 3.8) is 0 Å². The van der Waals surface area contributed by atoms with Crippen molar-refractivity contribution in [1.82, 2.24) is 4.90 Å². The van der Waals surface area contributed by atoms with Gasteiger partial charge in [0.1, 0.15) is 0 Å². The molecule has 1 saturated carbocycles. The number of alkyl halides is 3. The van der Waals surface area contributed by atoms with Crippen molar-refractivity contribution in [1.29, 1.82) is 0 Å². The Balaban J connectivity index is 2.00.